The maximum absolute atomic E-state index is 7.20. The second-order valence-corrected chi connectivity index (χ2v) is 4.42. The molecule has 2 rings (SSSR count). The van der Waals surface area contributed by atoms with Crippen LogP contribution in [-0.2, 0) is 0 Å². The molecule has 0 fully saturated rings. The second-order valence-electron chi connectivity index (χ2n) is 3.98. The summed E-state index contributed by atoms with van der Waals surface area (Å²) in [7, 11) is 1.62. The van der Waals surface area contributed by atoms with Crippen molar-refractivity contribution in [1.29, 1.82) is 0 Å². The third kappa shape index (κ3) is 2.78. The third-order valence-electron chi connectivity index (χ3n) is 2.84. The van der Waals surface area contributed by atoms with Crippen molar-refractivity contribution < 1.29 is 4.74 Å². The normalized spacial score (nSPS) is 9.74. The topological polar surface area (TPSA) is 13.6 Å². The van der Waals surface area contributed by atoms with Gasteiger partial charge in [0.05, 0.1) is 13.7 Å². The third-order valence-corrected chi connectivity index (χ3v) is 3.08. The van der Waals surface area contributed by atoms with Gasteiger partial charge in [-0.1, -0.05) is 42.4 Å². The number of methoxy groups -OCH3 is 1. The summed E-state index contributed by atoms with van der Waals surface area (Å²) in [5, 5.41) is 0.595. The van der Waals surface area contributed by atoms with Gasteiger partial charge in [-0.05, 0) is 34.9 Å². The van der Waals surface area contributed by atoms with E-state index in [9.17, 15) is 0 Å². The van der Waals surface area contributed by atoms with Gasteiger partial charge >= 0.3 is 0 Å². The van der Waals surface area contributed by atoms with E-state index in [0.29, 0.717) is 10.7 Å². The van der Waals surface area contributed by atoms with Crippen molar-refractivity contribution in [1.82, 2.24) is 0 Å². The van der Waals surface area contributed by atoms with Crippen LogP contribution in [-0.4, -0.2) is 7.11 Å². The first-order valence-corrected chi connectivity index (χ1v) is 6.04. The van der Waals surface area contributed by atoms with Gasteiger partial charge in [-0.2, -0.15) is 0 Å². The van der Waals surface area contributed by atoms with E-state index in [-0.39, 0.29) is 0 Å². The molecule has 0 bridgehead atoms. The molecule has 0 aromatic heterocycles. The van der Waals surface area contributed by atoms with Crippen LogP contribution in [0.4, 0.5) is 5.69 Å². The van der Waals surface area contributed by atoms with E-state index >= 15 is 0 Å². The molecule has 0 radical (unpaired) electrons. The molecule has 0 N–H and O–H groups in total. The smallest absolute Gasteiger partial charge is 0.195 e. The molecule has 3 heteroatoms. The van der Waals surface area contributed by atoms with Crippen LogP contribution in [0.1, 0.15) is 11.1 Å². The Morgan fingerprint density at radius 2 is 1.89 bits per heavy atom. The molecule has 2 nitrogen and oxygen atoms in total. The lowest BCUT2D eigenvalue weighted by Crippen LogP contribution is -1.88. The average molecular weight is 270 g/mol. The van der Waals surface area contributed by atoms with Crippen LogP contribution in [0.15, 0.2) is 49.0 Å². The molecule has 0 aliphatic rings. The number of hydrogen-bond acceptors (Lipinski definition) is 1. The molecule has 0 spiro atoms. The predicted octanol–water partition coefficient (Wildman–Crippen LogP) is 4.96. The Kier molecular flexibility index (Phi) is 3.89. The largest absolute Gasteiger partial charge is 0.497 e. The summed E-state index contributed by atoms with van der Waals surface area (Å²) in [4.78, 5) is 3.50. The summed E-state index contributed by atoms with van der Waals surface area (Å²) in [6.07, 6.45) is 0. The highest BCUT2D eigenvalue weighted by molar-refractivity contribution is 6.30. The maximum Gasteiger partial charge on any atom is 0.195 e. The van der Waals surface area contributed by atoms with Gasteiger partial charge < -0.3 is 4.74 Å². The highest BCUT2D eigenvalue weighted by Crippen LogP contribution is 2.32. The van der Waals surface area contributed by atoms with Gasteiger partial charge in [0.1, 0.15) is 5.75 Å². The Bertz CT molecular complexity index is 653. The van der Waals surface area contributed by atoms with E-state index in [4.69, 9.17) is 22.9 Å². The zero-order chi connectivity index (χ0) is 13.8. The molecule has 0 unspecified atom stereocenters. The lowest BCUT2D eigenvalue weighted by atomic mass is 9.98. The van der Waals surface area contributed by atoms with Crippen LogP contribution in [0.2, 0.25) is 5.02 Å². The van der Waals surface area contributed by atoms with Crippen molar-refractivity contribution in [3.8, 4) is 5.75 Å². The lowest BCUT2D eigenvalue weighted by Gasteiger charge is -2.10. The minimum absolute atomic E-state index is 0.546. The minimum Gasteiger partial charge on any atom is -0.497 e. The van der Waals surface area contributed by atoms with Crippen LogP contribution in [0, 0.1) is 6.57 Å². The fourth-order valence-corrected chi connectivity index (χ4v) is 1.97. The molecule has 0 aliphatic carbocycles. The summed E-state index contributed by atoms with van der Waals surface area (Å²) in [5.41, 5.74) is 3.02. The van der Waals surface area contributed by atoms with Crippen molar-refractivity contribution in [2.45, 2.75) is 0 Å². The van der Waals surface area contributed by atoms with E-state index < -0.39 is 0 Å². The van der Waals surface area contributed by atoms with Gasteiger partial charge in [0, 0.05) is 5.02 Å². The predicted molar refractivity (Wildman–Crippen MR) is 78.8 cm³/mol. The summed E-state index contributed by atoms with van der Waals surface area (Å²) in [6.45, 7) is 11.3. The van der Waals surface area contributed by atoms with Gasteiger partial charge in [-0.15, -0.1) is 0 Å². The first kappa shape index (κ1) is 13.2. The first-order valence-electron chi connectivity index (χ1n) is 5.66. The van der Waals surface area contributed by atoms with E-state index in [1.54, 1.807) is 25.3 Å². The zero-order valence-corrected chi connectivity index (χ0v) is 11.2. The second kappa shape index (κ2) is 5.60. The van der Waals surface area contributed by atoms with Gasteiger partial charge in [-0.25, -0.2) is 4.85 Å². The number of hydrogen-bond donors (Lipinski definition) is 0. The fourth-order valence-electron chi connectivity index (χ4n) is 1.80. The number of ether oxygens (including phenoxy) is 1. The Labute approximate surface area is 117 Å². The monoisotopic (exact) mass is 269 g/mol. The van der Waals surface area contributed by atoms with Crippen LogP contribution in [0.5, 0.6) is 5.75 Å². The molecular weight excluding hydrogens is 258 g/mol. The van der Waals surface area contributed by atoms with Crippen molar-refractivity contribution in [2.24, 2.45) is 0 Å². The fraction of sp³-hybridized carbons (Fsp3) is 0.0625. The van der Waals surface area contributed by atoms with E-state index in [1.807, 2.05) is 24.3 Å². The van der Waals surface area contributed by atoms with E-state index in [2.05, 4.69) is 11.4 Å². The van der Waals surface area contributed by atoms with Crippen molar-refractivity contribution in [3.63, 3.8) is 0 Å². The van der Waals surface area contributed by atoms with Gasteiger partial charge in [0.25, 0.3) is 0 Å². The summed E-state index contributed by atoms with van der Waals surface area (Å²) >= 11 is 5.99. The zero-order valence-electron chi connectivity index (χ0n) is 10.5. The molecule has 0 saturated carbocycles. The molecule has 0 aliphatic heterocycles. The maximum atomic E-state index is 7.20. The van der Waals surface area contributed by atoms with Crippen LogP contribution in [0.25, 0.3) is 10.4 Å². The molecule has 0 amide bonds. The van der Waals surface area contributed by atoms with Crippen LogP contribution >= 0.6 is 11.6 Å². The van der Waals surface area contributed by atoms with Crippen molar-refractivity contribution in [3.05, 3.63) is 76.6 Å². The van der Waals surface area contributed by atoms with E-state index in [0.717, 1.165) is 22.4 Å². The molecule has 0 heterocycles. The standard InChI is InChI=1S/C16H12ClNO/c1-11(12-4-7-14(19-3)8-5-12)15-10-13(17)6-9-16(15)18-2/h4-10H,1H2,3H3. The quantitative estimate of drug-likeness (QED) is 0.718. The van der Waals surface area contributed by atoms with Crippen molar-refractivity contribution in [2.75, 3.05) is 7.11 Å². The van der Waals surface area contributed by atoms with Gasteiger partial charge in [0.2, 0.25) is 0 Å². The van der Waals surface area contributed by atoms with Crippen LogP contribution in [0.3, 0.4) is 0 Å². The molecule has 2 aromatic rings. The first-order chi connectivity index (χ1) is 9.15. The molecule has 2 aromatic carbocycles. The number of nitrogens with zero attached hydrogens (tertiary/aromatic N) is 1. The summed E-state index contributed by atoms with van der Waals surface area (Å²) < 4.78 is 5.12. The number of rotatable bonds is 3. The average Bonchev–Trinajstić information content (AvgIpc) is 2.46. The Morgan fingerprint density at radius 3 is 2.47 bits per heavy atom. The van der Waals surface area contributed by atoms with Crippen LogP contribution < -0.4 is 4.74 Å². The van der Waals surface area contributed by atoms with E-state index in [1.165, 1.54) is 0 Å². The summed E-state index contributed by atoms with van der Waals surface area (Å²) in [5.74, 6) is 0.785. The van der Waals surface area contributed by atoms with Crippen molar-refractivity contribution >= 4 is 22.9 Å². The molecule has 94 valence electrons. The highest BCUT2D eigenvalue weighted by atomic mass is 35.5. The Hall–Kier alpha value is -2.24. The SMILES string of the molecule is [C-]#[N+]c1ccc(Cl)cc1C(=C)c1ccc(OC)cc1. The molecule has 0 saturated heterocycles. The Balaban J connectivity index is 2.43. The Morgan fingerprint density at radius 1 is 1.21 bits per heavy atom. The molecule has 19 heavy (non-hydrogen) atoms. The number of halogens is 1. The number of benzene rings is 2. The highest BCUT2D eigenvalue weighted by Gasteiger charge is 2.09. The van der Waals surface area contributed by atoms with Gasteiger partial charge in [0.15, 0.2) is 5.69 Å². The summed E-state index contributed by atoms with van der Waals surface area (Å²) in [6, 6.07) is 12.7. The minimum atomic E-state index is 0.546. The molecule has 0 atom stereocenters. The van der Waals surface area contributed by atoms with Gasteiger partial charge in [-0.3, -0.25) is 0 Å². The lowest BCUT2D eigenvalue weighted by molar-refractivity contribution is 0.415. The molecular formula is C16H12ClNO.